The van der Waals surface area contributed by atoms with Crippen LogP contribution in [-0.4, -0.2) is 39.6 Å². The zero-order chi connectivity index (χ0) is 23.0. The predicted octanol–water partition coefficient (Wildman–Crippen LogP) is 2.41. The largest absolute Gasteiger partial charge is 0.367 e. The molecule has 3 aromatic rings. The van der Waals surface area contributed by atoms with Crippen molar-refractivity contribution in [1.82, 2.24) is 19.9 Å². The zero-order valence-corrected chi connectivity index (χ0v) is 18.9. The summed E-state index contributed by atoms with van der Waals surface area (Å²) < 4.78 is 1.39. The van der Waals surface area contributed by atoms with Crippen LogP contribution in [-0.2, 0) is 13.0 Å². The SMILES string of the molecule is CCn1c(=O)[nH]c(=O)c2c(C(=O)NCCN3c4ccccc4CC3C)cc(C(C)C)nc21. The van der Waals surface area contributed by atoms with Crippen LogP contribution in [0.4, 0.5) is 5.69 Å². The van der Waals surface area contributed by atoms with E-state index in [0.29, 0.717) is 31.4 Å². The fourth-order valence-corrected chi connectivity index (χ4v) is 4.42. The number of H-pyrrole nitrogens is 1. The van der Waals surface area contributed by atoms with E-state index in [2.05, 4.69) is 39.2 Å². The first-order valence-electron chi connectivity index (χ1n) is 11.1. The average molecular weight is 436 g/mol. The van der Waals surface area contributed by atoms with Gasteiger partial charge >= 0.3 is 5.69 Å². The highest BCUT2D eigenvalue weighted by Gasteiger charge is 2.25. The molecule has 3 heterocycles. The molecule has 0 saturated carbocycles. The number of aryl methyl sites for hydroxylation is 1. The van der Waals surface area contributed by atoms with E-state index >= 15 is 0 Å². The Morgan fingerprint density at radius 1 is 1.28 bits per heavy atom. The van der Waals surface area contributed by atoms with E-state index in [0.717, 1.165) is 6.42 Å². The second-order valence-corrected chi connectivity index (χ2v) is 8.58. The number of hydrogen-bond acceptors (Lipinski definition) is 5. The van der Waals surface area contributed by atoms with Gasteiger partial charge in [-0.15, -0.1) is 0 Å². The molecule has 0 saturated heterocycles. The van der Waals surface area contributed by atoms with E-state index < -0.39 is 11.2 Å². The lowest BCUT2D eigenvalue weighted by atomic mass is 10.0. The van der Waals surface area contributed by atoms with Crippen LogP contribution in [0.3, 0.4) is 0 Å². The summed E-state index contributed by atoms with van der Waals surface area (Å²) in [5.41, 5.74) is 2.57. The Kier molecular flexibility index (Phi) is 5.86. The Morgan fingerprint density at radius 2 is 2.03 bits per heavy atom. The average Bonchev–Trinajstić information content (AvgIpc) is 3.08. The zero-order valence-electron chi connectivity index (χ0n) is 18.9. The molecule has 1 aliphatic heterocycles. The minimum atomic E-state index is -0.593. The number of para-hydroxylation sites is 1. The monoisotopic (exact) mass is 435 g/mol. The summed E-state index contributed by atoms with van der Waals surface area (Å²) in [4.78, 5) is 47.2. The number of aromatic nitrogens is 3. The van der Waals surface area contributed by atoms with Crippen molar-refractivity contribution in [1.29, 1.82) is 0 Å². The second-order valence-electron chi connectivity index (χ2n) is 8.58. The van der Waals surface area contributed by atoms with E-state index in [-0.39, 0.29) is 28.4 Å². The molecule has 168 valence electrons. The van der Waals surface area contributed by atoms with Crippen LogP contribution in [0.15, 0.2) is 39.9 Å². The first-order valence-corrected chi connectivity index (χ1v) is 11.1. The minimum absolute atomic E-state index is 0.0348. The molecule has 0 fully saturated rings. The molecule has 2 aromatic heterocycles. The van der Waals surface area contributed by atoms with Gasteiger partial charge in [0.1, 0.15) is 0 Å². The van der Waals surface area contributed by atoms with Crippen molar-refractivity contribution >= 4 is 22.6 Å². The molecule has 8 heteroatoms. The van der Waals surface area contributed by atoms with Crippen molar-refractivity contribution < 1.29 is 4.79 Å². The Balaban J connectivity index is 1.64. The summed E-state index contributed by atoms with van der Waals surface area (Å²) in [6.07, 6.45) is 0.987. The fraction of sp³-hybridized carbons (Fsp3) is 0.417. The second kappa shape index (κ2) is 8.61. The Bertz CT molecular complexity index is 1290. The third kappa shape index (κ3) is 3.81. The summed E-state index contributed by atoms with van der Waals surface area (Å²) >= 11 is 0. The molecule has 0 aliphatic carbocycles. The van der Waals surface area contributed by atoms with Crippen LogP contribution in [0.5, 0.6) is 0 Å². The number of amides is 1. The molecule has 2 N–H and O–H groups in total. The maximum atomic E-state index is 13.2. The number of nitrogens with one attached hydrogen (secondary N) is 2. The number of nitrogens with zero attached hydrogens (tertiary/aromatic N) is 3. The molecule has 1 aliphatic rings. The molecular formula is C24H29N5O3. The van der Waals surface area contributed by atoms with Gasteiger partial charge in [-0.1, -0.05) is 32.0 Å². The molecular weight excluding hydrogens is 406 g/mol. The van der Waals surface area contributed by atoms with E-state index in [1.54, 1.807) is 13.0 Å². The quantitative estimate of drug-likeness (QED) is 0.619. The number of anilines is 1. The van der Waals surface area contributed by atoms with Gasteiger partial charge in [0.2, 0.25) is 0 Å². The number of rotatable bonds is 6. The number of hydrogen-bond donors (Lipinski definition) is 2. The summed E-state index contributed by atoms with van der Waals surface area (Å²) in [5, 5.41) is 3.11. The Labute approximate surface area is 186 Å². The Hall–Kier alpha value is -3.42. The fourth-order valence-electron chi connectivity index (χ4n) is 4.42. The van der Waals surface area contributed by atoms with Crippen LogP contribution in [0, 0.1) is 0 Å². The van der Waals surface area contributed by atoms with Crippen molar-refractivity contribution in [2.24, 2.45) is 0 Å². The smallest absolute Gasteiger partial charge is 0.329 e. The molecule has 1 amide bonds. The molecule has 0 bridgehead atoms. The van der Waals surface area contributed by atoms with E-state index in [1.165, 1.54) is 15.8 Å². The molecule has 0 radical (unpaired) electrons. The normalized spacial score (nSPS) is 15.4. The summed E-state index contributed by atoms with van der Waals surface area (Å²) in [6, 6.07) is 10.3. The number of benzene rings is 1. The van der Waals surface area contributed by atoms with Gasteiger partial charge in [-0.05, 0) is 43.9 Å². The molecule has 1 aromatic carbocycles. The lowest BCUT2D eigenvalue weighted by molar-refractivity contribution is 0.0956. The molecule has 1 unspecified atom stereocenters. The topological polar surface area (TPSA) is 100 Å². The van der Waals surface area contributed by atoms with Crippen molar-refractivity contribution in [3.63, 3.8) is 0 Å². The minimum Gasteiger partial charge on any atom is -0.367 e. The third-order valence-corrected chi connectivity index (χ3v) is 6.11. The lowest BCUT2D eigenvalue weighted by Crippen LogP contribution is -2.38. The molecule has 4 rings (SSSR count). The van der Waals surface area contributed by atoms with Crippen LogP contribution in [0.1, 0.15) is 55.2 Å². The number of carbonyl (C=O) groups is 1. The highest BCUT2D eigenvalue weighted by Crippen LogP contribution is 2.31. The van der Waals surface area contributed by atoms with Gasteiger partial charge in [-0.25, -0.2) is 9.78 Å². The van der Waals surface area contributed by atoms with E-state index in [1.807, 2.05) is 26.0 Å². The molecule has 0 spiro atoms. The van der Waals surface area contributed by atoms with Crippen molar-refractivity contribution in [3.8, 4) is 0 Å². The Morgan fingerprint density at radius 3 is 2.75 bits per heavy atom. The van der Waals surface area contributed by atoms with Gasteiger partial charge in [0, 0.05) is 37.1 Å². The van der Waals surface area contributed by atoms with Gasteiger partial charge in [-0.2, -0.15) is 0 Å². The van der Waals surface area contributed by atoms with Gasteiger partial charge in [0.25, 0.3) is 11.5 Å². The number of aromatic amines is 1. The maximum absolute atomic E-state index is 13.2. The lowest BCUT2D eigenvalue weighted by Gasteiger charge is -2.25. The van der Waals surface area contributed by atoms with Gasteiger partial charge < -0.3 is 10.2 Å². The van der Waals surface area contributed by atoms with Crippen molar-refractivity contribution in [2.45, 2.75) is 52.6 Å². The predicted molar refractivity (Wildman–Crippen MR) is 126 cm³/mol. The molecule has 8 nitrogen and oxygen atoms in total. The number of fused-ring (bicyclic) bond motifs is 2. The van der Waals surface area contributed by atoms with Crippen molar-refractivity contribution in [3.05, 3.63) is 68.0 Å². The summed E-state index contributed by atoms with van der Waals surface area (Å²) in [7, 11) is 0. The first kappa shape index (κ1) is 21.8. The summed E-state index contributed by atoms with van der Waals surface area (Å²) in [6.45, 7) is 9.35. The van der Waals surface area contributed by atoms with Gasteiger partial charge in [0.05, 0.1) is 10.9 Å². The standard InChI is InChI=1S/C24H29N5O3/c1-5-28-21-20(23(31)27-24(28)32)17(13-18(26-21)14(2)3)22(30)25-10-11-29-15(4)12-16-8-6-7-9-19(16)29/h6-9,13-15H,5,10-12H2,1-4H3,(H,25,30)(H,27,31,32). The summed E-state index contributed by atoms with van der Waals surface area (Å²) in [5.74, 6) is -0.307. The maximum Gasteiger partial charge on any atom is 0.329 e. The third-order valence-electron chi connectivity index (χ3n) is 6.11. The van der Waals surface area contributed by atoms with E-state index in [9.17, 15) is 14.4 Å². The van der Waals surface area contributed by atoms with Gasteiger partial charge in [0.15, 0.2) is 5.65 Å². The first-order chi connectivity index (χ1) is 15.3. The highest BCUT2D eigenvalue weighted by molar-refractivity contribution is 6.05. The van der Waals surface area contributed by atoms with Gasteiger partial charge in [-0.3, -0.25) is 19.1 Å². The van der Waals surface area contributed by atoms with Crippen LogP contribution < -0.4 is 21.5 Å². The van der Waals surface area contributed by atoms with Crippen molar-refractivity contribution in [2.75, 3.05) is 18.0 Å². The van der Waals surface area contributed by atoms with E-state index in [4.69, 9.17) is 0 Å². The van der Waals surface area contributed by atoms with Crippen LogP contribution in [0.2, 0.25) is 0 Å². The number of pyridine rings is 1. The highest BCUT2D eigenvalue weighted by atomic mass is 16.2. The number of carbonyl (C=O) groups excluding carboxylic acids is 1. The van der Waals surface area contributed by atoms with Crippen LogP contribution >= 0.6 is 0 Å². The molecule has 32 heavy (non-hydrogen) atoms. The molecule has 1 atom stereocenters. The van der Waals surface area contributed by atoms with Crippen LogP contribution in [0.25, 0.3) is 11.0 Å².